The third-order valence-corrected chi connectivity index (χ3v) is 4.44. The van der Waals surface area contributed by atoms with Crippen molar-refractivity contribution < 1.29 is 9.53 Å². The highest BCUT2D eigenvalue weighted by Gasteiger charge is 2.05. The lowest BCUT2D eigenvalue weighted by molar-refractivity contribution is 0.0956. The first-order valence-corrected chi connectivity index (χ1v) is 9.10. The predicted octanol–water partition coefficient (Wildman–Crippen LogP) is 4.22. The van der Waals surface area contributed by atoms with E-state index in [1.807, 2.05) is 11.8 Å². The van der Waals surface area contributed by atoms with Gasteiger partial charge in [0.15, 0.2) is 0 Å². The zero-order valence-corrected chi connectivity index (χ0v) is 14.8. The van der Waals surface area contributed by atoms with E-state index in [9.17, 15) is 4.79 Å². The minimum atomic E-state index is -0.0544. The molecule has 2 rings (SSSR count). The summed E-state index contributed by atoms with van der Waals surface area (Å²) in [6.07, 6.45) is 1.69. The number of nitrogens with one attached hydrogen (secondary N) is 1. The molecule has 0 radical (unpaired) electrons. The Morgan fingerprint density at radius 2 is 1.88 bits per heavy atom. The first kappa shape index (κ1) is 18.1. The van der Waals surface area contributed by atoms with Crippen molar-refractivity contribution in [1.29, 1.82) is 0 Å². The van der Waals surface area contributed by atoms with Crippen molar-refractivity contribution in [1.82, 2.24) is 5.32 Å². The second-order valence-electron chi connectivity index (χ2n) is 5.42. The quantitative estimate of drug-likeness (QED) is 0.548. The van der Waals surface area contributed by atoms with Gasteiger partial charge in [0.1, 0.15) is 12.4 Å². The predicted molar refractivity (Wildman–Crippen MR) is 102 cm³/mol. The number of hydrogen-bond donors (Lipinski definition) is 1. The summed E-state index contributed by atoms with van der Waals surface area (Å²) in [5.41, 5.74) is 3.23. The van der Waals surface area contributed by atoms with Gasteiger partial charge < -0.3 is 10.1 Å². The normalized spacial score (nSPS) is 10.2. The van der Waals surface area contributed by atoms with E-state index in [1.54, 1.807) is 30.3 Å². The molecule has 0 saturated heterocycles. The molecule has 1 amide bonds. The van der Waals surface area contributed by atoms with Crippen molar-refractivity contribution in [3.8, 4) is 5.75 Å². The molecule has 3 nitrogen and oxygen atoms in total. The van der Waals surface area contributed by atoms with Crippen LogP contribution >= 0.6 is 11.8 Å². The molecule has 24 heavy (non-hydrogen) atoms. The highest BCUT2D eigenvalue weighted by Crippen LogP contribution is 2.13. The minimum Gasteiger partial charge on any atom is -0.490 e. The van der Waals surface area contributed by atoms with E-state index in [0.29, 0.717) is 18.7 Å². The molecule has 0 bridgehead atoms. The molecule has 4 heteroatoms. The number of ether oxygens (including phenoxy) is 1. The van der Waals surface area contributed by atoms with Crippen LogP contribution in [0.5, 0.6) is 5.75 Å². The summed E-state index contributed by atoms with van der Waals surface area (Å²) < 4.78 is 5.40. The van der Waals surface area contributed by atoms with Gasteiger partial charge in [0.25, 0.3) is 5.91 Å². The van der Waals surface area contributed by atoms with Crippen LogP contribution in [0.4, 0.5) is 0 Å². The number of carbonyl (C=O) groups excluding carboxylic acids is 1. The fourth-order valence-corrected chi connectivity index (χ4v) is 2.89. The summed E-state index contributed by atoms with van der Waals surface area (Å²) in [6.45, 7) is 6.81. The van der Waals surface area contributed by atoms with Crippen LogP contribution in [0.2, 0.25) is 0 Å². The summed E-state index contributed by atoms with van der Waals surface area (Å²) in [4.78, 5) is 12.1. The van der Waals surface area contributed by atoms with Crippen molar-refractivity contribution in [3.05, 3.63) is 77.9 Å². The van der Waals surface area contributed by atoms with Gasteiger partial charge in [-0.3, -0.25) is 4.79 Å². The summed E-state index contributed by atoms with van der Waals surface area (Å²) in [5.74, 6) is 2.53. The smallest absolute Gasteiger partial charge is 0.251 e. The van der Waals surface area contributed by atoms with Gasteiger partial charge in [-0.05, 0) is 36.8 Å². The molecule has 0 aliphatic heterocycles. The molecule has 0 unspecified atom stereocenters. The largest absolute Gasteiger partial charge is 0.490 e. The van der Waals surface area contributed by atoms with Crippen molar-refractivity contribution in [2.75, 3.05) is 18.9 Å². The van der Waals surface area contributed by atoms with Gasteiger partial charge >= 0.3 is 0 Å². The number of carbonyl (C=O) groups is 1. The van der Waals surface area contributed by atoms with E-state index >= 15 is 0 Å². The Balaban J connectivity index is 1.67. The molecule has 0 heterocycles. The van der Waals surface area contributed by atoms with Crippen LogP contribution in [0.15, 0.2) is 61.2 Å². The zero-order valence-electron chi connectivity index (χ0n) is 14.0. The maximum absolute atomic E-state index is 12.1. The summed E-state index contributed by atoms with van der Waals surface area (Å²) in [6, 6.07) is 15.7. The average molecular weight is 341 g/mol. The highest BCUT2D eigenvalue weighted by atomic mass is 32.2. The minimum absolute atomic E-state index is 0.0544. The number of amides is 1. The molecule has 0 saturated carbocycles. The van der Waals surface area contributed by atoms with Crippen LogP contribution < -0.4 is 10.1 Å². The van der Waals surface area contributed by atoms with E-state index in [0.717, 1.165) is 17.3 Å². The number of benzene rings is 2. The first-order valence-electron chi connectivity index (χ1n) is 7.94. The van der Waals surface area contributed by atoms with E-state index in [4.69, 9.17) is 4.74 Å². The third kappa shape index (κ3) is 6.13. The maximum atomic E-state index is 12.1. The second kappa shape index (κ2) is 9.83. The van der Waals surface area contributed by atoms with Crippen LogP contribution in [-0.2, 0) is 5.75 Å². The molecular formula is C20H23NO2S. The lowest BCUT2D eigenvalue weighted by atomic mass is 10.2. The lowest BCUT2D eigenvalue weighted by Gasteiger charge is -2.07. The molecule has 0 atom stereocenters. The van der Waals surface area contributed by atoms with Crippen molar-refractivity contribution in [2.45, 2.75) is 12.7 Å². The molecule has 0 aliphatic rings. The Hall–Kier alpha value is -2.20. The van der Waals surface area contributed by atoms with Crippen LogP contribution in [0.1, 0.15) is 21.5 Å². The summed E-state index contributed by atoms with van der Waals surface area (Å²) in [5, 5.41) is 2.94. The Labute approximate surface area is 148 Å². The molecule has 1 N–H and O–H groups in total. The molecule has 0 spiro atoms. The second-order valence-corrected chi connectivity index (χ2v) is 6.52. The third-order valence-electron chi connectivity index (χ3n) is 3.41. The SMILES string of the molecule is C=CCOc1ccc(C(=O)NCCSCc2ccc(C)cc2)cc1. The molecule has 0 aromatic heterocycles. The van der Waals surface area contributed by atoms with Gasteiger partial charge in [-0.1, -0.05) is 42.5 Å². The first-order chi connectivity index (χ1) is 11.7. The Morgan fingerprint density at radius 1 is 1.17 bits per heavy atom. The van der Waals surface area contributed by atoms with Crippen molar-refractivity contribution >= 4 is 17.7 Å². The molecular weight excluding hydrogens is 318 g/mol. The van der Waals surface area contributed by atoms with Gasteiger partial charge in [-0.25, -0.2) is 0 Å². The molecule has 126 valence electrons. The summed E-state index contributed by atoms with van der Waals surface area (Å²) in [7, 11) is 0. The van der Waals surface area contributed by atoms with E-state index in [1.165, 1.54) is 11.1 Å². The molecule has 2 aromatic rings. The molecule has 0 fully saturated rings. The van der Waals surface area contributed by atoms with Gasteiger partial charge in [0, 0.05) is 23.6 Å². The van der Waals surface area contributed by atoms with Crippen molar-refractivity contribution in [3.63, 3.8) is 0 Å². The van der Waals surface area contributed by atoms with Crippen molar-refractivity contribution in [2.24, 2.45) is 0 Å². The number of thioether (sulfide) groups is 1. The number of rotatable bonds is 9. The Bertz CT molecular complexity index is 650. The monoisotopic (exact) mass is 341 g/mol. The number of hydrogen-bond acceptors (Lipinski definition) is 3. The Kier molecular flexibility index (Phi) is 7.43. The van der Waals surface area contributed by atoms with E-state index < -0.39 is 0 Å². The maximum Gasteiger partial charge on any atom is 0.251 e. The Morgan fingerprint density at radius 3 is 2.54 bits per heavy atom. The lowest BCUT2D eigenvalue weighted by Crippen LogP contribution is -2.25. The fourth-order valence-electron chi connectivity index (χ4n) is 2.07. The van der Waals surface area contributed by atoms with Gasteiger partial charge in [-0.2, -0.15) is 11.8 Å². The molecule has 0 aliphatic carbocycles. The van der Waals surface area contributed by atoms with E-state index in [-0.39, 0.29) is 5.91 Å². The van der Waals surface area contributed by atoms with Crippen LogP contribution in [0.25, 0.3) is 0 Å². The number of aryl methyl sites for hydroxylation is 1. The highest BCUT2D eigenvalue weighted by molar-refractivity contribution is 7.98. The van der Waals surface area contributed by atoms with Crippen LogP contribution in [-0.4, -0.2) is 24.8 Å². The zero-order chi connectivity index (χ0) is 17.2. The van der Waals surface area contributed by atoms with Gasteiger partial charge in [-0.15, -0.1) is 0 Å². The topological polar surface area (TPSA) is 38.3 Å². The standard InChI is InChI=1S/C20H23NO2S/c1-3-13-23-19-10-8-18(9-11-19)20(22)21-12-14-24-15-17-6-4-16(2)5-7-17/h3-11H,1,12-15H2,2H3,(H,21,22). The van der Waals surface area contributed by atoms with Crippen LogP contribution in [0.3, 0.4) is 0 Å². The molecule has 2 aromatic carbocycles. The summed E-state index contributed by atoms with van der Waals surface area (Å²) >= 11 is 1.82. The van der Waals surface area contributed by atoms with E-state index in [2.05, 4.69) is 43.1 Å². The van der Waals surface area contributed by atoms with Crippen LogP contribution in [0, 0.1) is 6.92 Å². The van der Waals surface area contributed by atoms with Gasteiger partial charge in [0.05, 0.1) is 0 Å². The average Bonchev–Trinajstić information content (AvgIpc) is 2.61. The van der Waals surface area contributed by atoms with Gasteiger partial charge in [0.2, 0.25) is 0 Å². The fraction of sp³-hybridized carbons (Fsp3) is 0.250.